The zero-order chi connectivity index (χ0) is 16.7. The van der Waals surface area contributed by atoms with Gasteiger partial charge in [0.2, 0.25) is 11.8 Å². The number of carbonyl (C=O) groups excluding carboxylic acids is 2. The van der Waals surface area contributed by atoms with E-state index in [1.807, 2.05) is 0 Å². The number of anilines is 1. The van der Waals surface area contributed by atoms with Gasteiger partial charge in [-0.3, -0.25) is 19.7 Å². The van der Waals surface area contributed by atoms with Gasteiger partial charge in [0, 0.05) is 12.1 Å². The molecule has 6 atom stereocenters. The van der Waals surface area contributed by atoms with Crippen LogP contribution in [0.25, 0.3) is 0 Å². The van der Waals surface area contributed by atoms with Gasteiger partial charge in [-0.1, -0.05) is 23.8 Å². The van der Waals surface area contributed by atoms with Crippen molar-refractivity contribution in [1.29, 1.82) is 0 Å². The van der Waals surface area contributed by atoms with E-state index in [4.69, 9.17) is 11.6 Å². The number of benzene rings is 1. The quantitative estimate of drug-likeness (QED) is 0.357. The van der Waals surface area contributed by atoms with Crippen molar-refractivity contribution in [1.82, 2.24) is 0 Å². The molecule has 0 spiro atoms. The predicted octanol–water partition coefficient (Wildman–Crippen LogP) is 2.81. The predicted molar refractivity (Wildman–Crippen MR) is 85.3 cm³/mol. The lowest BCUT2D eigenvalue weighted by atomic mass is 9.63. The monoisotopic (exact) mass is 344 g/mol. The second-order valence-electron chi connectivity index (χ2n) is 7.06. The smallest absolute Gasteiger partial charge is 0.271 e. The average molecular weight is 345 g/mol. The van der Waals surface area contributed by atoms with E-state index in [2.05, 4.69) is 12.2 Å². The van der Waals surface area contributed by atoms with Gasteiger partial charge in [-0.15, -0.1) is 0 Å². The Morgan fingerprint density at radius 1 is 1.08 bits per heavy atom. The zero-order valence-electron chi connectivity index (χ0n) is 12.5. The maximum Gasteiger partial charge on any atom is 0.271 e. The number of allylic oxidation sites excluding steroid dienone is 2. The van der Waals surface area contributed by atoms with Gasteiger partial charge in [0.05, 0.1) is 27.5 Å². The van der Waals surface area contributed by atoms with Crippen LogP contribution < -0.4 is 4.90 Å². The molecule has 1 aromatic rings. The van der Waals surface area contributed by atoms with Crippen molar-refractivity contribution in [3.05, 3.63) is 45.5 Å². The number of nitro groups is 1. The molecule has 1 heterocycles. The van der Waals surface area contributed by atoms with Crippen LogP contribution in [0.2, 0.25) is 5.02 Å². The molecule has 1 aromatic carbocycles. The van der Waals surface area contributed by atoms with Crippen LogP contribution in [-0.4, -0.2) is 16.7 Å². The Balaban J connectivity index is 1.60. The fraction of sp³-hybridized carbons (Fsp3) is 0.412. The molecular weight excluding hydrogens is 332 g/mol. The Bertz CT molecular complexity index is 815. The molecule has 2 bridgehead atoms. The van der Waals surface area contributed by atoms with Gasteiger partial charge in [-0.25, -0.2) is 4.90 Å². The normalized spacial score (nSPS) is 38.3. The summed E-state index contributed by atoms with van der Waals surface area (Å²) in [6, 6.07) is 3.85. The van der Waals surface area contributed by atoms with Crippen molar-refractivity contribution in [3.8, 4) is 0 Å². The molecule has 3 fully saturated rings. The largest absolute Gasteiger partial charge is 0.274 e. The molecule has 7 heteroatoms. The minimum Gasteiger partial charge on any atom is -0.274 e. The lowest BCUT2D eigenvalue weighted by Crippen LogP contribution is -2.40. The van der Waals surface area contributed by atoms with Crippen molar-refractivity contribution < 1.29 is 14.5 Å². The maximum atomic E-state index is 13.0. The minimum absolute atomic E-state index is 0.115. The Morgan fingerprint density at radius 2 is 1.67 bits per heavy atom. The van der Waals surface area contributed by atoms with Crippen molar-refractivity contribution >= 4 is 34.8 Å². The van der Waals surface area contributed by atoms with Gasteiger partial charge < -0.3 is 0 Å². The summed E-state index contributed by atoms with van der Waals surface area (Å²) >= 11 is 6.15. The van der Waals surface area contributed by atoms with Gasteiger partial charge >= 0.3 is 0 Å². The van der Waals surface area contributed by atoms with Crippen LogP contribution in [0.3, 0.4) is 0 Å². The van der Waals surface area contributed by atoms with Crippen LogP contribution in [0.4, 0.5) is 11.4 Å². The maximum absolute atomic E-state index is 13.0. The number of rotatable bonds is 2. The number of non-ortho nitro benzene ring substituents is 1. The zero-order valence-corrected chi connectivity index (χ0v) is 13.2. The first-order valence-corrected chi connectivity index (χ1v) is 8.37. The minimum atomic E-state index is -0.557. The summed E-state index contributed by atoms with van der Waals surface area (Å²) in [7, 11) is 0. The fourth-order valence-corrected chi connectivity index (χ4v) is 5.18. The number of nitrogens with zero attached hydrogens (tertiary/aromatic N) is 2. The van der Waals surface area contributed by atoms with Gasteiger partial charge in [0.15, 0.2) is 0 Å². The SMILES string of the molecule is O=C1[C@H]2[C@@H]3C=C[C@H]([C@H]4C[C@H]34)[C@@H]2C(=O)N1c1cc([N+](=O)[O-])ccc1Cl. The number of carbonyl (C=O) groups is 2. The third kappa shape index (κ3) is 1.61. The first-order valence-electron chi connectivity index (χ1n) is 7.99. The van der Waals surface area contributed by atoms with Gasteiger partial charge in [0.25, 0.3) is 5.69 Å². The van der Waals surface area contributed by atoms with E-state index in [-0.39, 0.29) is 51.9 Å². The Labute approximate surface area is 142 Å². The molecule has 1 aliphatic heterocycles. The molecule has 24 heavy (non-hydrogen) atoms. The highest BCUT2D eigenvalue weighted by molar-refractivity contribution is 6.36. The van der Waals surface area contributed by atoms with E-state index in [9.17, 15) is 19.7 Å². The number of halogens is 1. The van der Waals surface area contributed by atoms with Crippen LogP contribution in [0.5, 0.6) is 0 Å². The van der Waals surface area contributed by atoms with E-state index in [1.54, 1.807) is 0 Å². The molecular formula is C17H13ClN2O4. The molecule has 122 valence electrons. The van der Waals surface area contributed by atoms with Gasteiger partial charge in [-0.05, 0) is 36.2 Å². The molecule has 0 aromatic heterocycles. The van der Waals surface area contributed by atoms with Crippen LogP contribution in [0.15, 0.2) is 30.4 Å². The van der Waals surface area contributed by atoms with Crippen molar-refractivity contribution in [3.63, 3.8) is 0 Å². The van der Waals surface area contributed by atoms with E-state index < -0.39 is 4.92 Å². The summed E-state index contributed by atoms with van der Waals surface area (Å²) in [6.45, 7) is 0. The van der Waals surface area contributed by atoms with Crippen molar-refractivity contribution in [2.75, 3.05) is 4.90 Å². The highest BCUT2D eigenvalue weighted by Gasteiger charge is 2.67. The lowest BCUT2D eigenvalue weighted by molar-refractivity contribution is -0.384. The fourth-order valence-electron chi connectivity index (χ4n) is 4.98. The highest BCUT2D eigenvalue weighted by atomic mass is 35.5. The molecule has 6 nitrogen and oxygen atoms in total. The second-order valence-corrected chi connectivity index (χ2v) is 7.47. The van der Waals surface area contributed by atoms with Crippen molar-refractivity contribution in [2.24, 2.45) is 35.5 Å². The van der Waals surface area contributed by atoms with Crippen LogP contribution in [-0.2, 0) is 9.59 Å². The molecule has 2 saturated carbocycles. The van der Waals surface area contributed by atoms with Gasteiger partial charge in [0.1, 0.15) is 0 Å². The van der Waals surface area contributed by atoms with Crippen LogP contribution in [0, 0.1) is 45.6 Å². The standard InChI is InChI=1S/C17H13ClN2O4/c18-12-4-1-7(20(23)24)5-13(12)19-16(21)14-8-2-3-9(11-6-10(8)11)15(14)17(19)22/h1-5,8-11,14-15H,6H2/t8-,9-,10-,11-,14+,15+/m1/s1. The number of amides is 2. The summed E-state index contributed by atoms with van der Waals surface area (Å²) in [5.41, 5.74) is -0.0582. The third-order valence-electron chi connectivity index (χ3n) is 6.04. The third-order valence-corrected chi connectivity index (χ3v) is 6.36. The number of imide groups is 1. The lowest BCUT2D eigenvalue weighted by Gasteiger charge is -2.37. The Morgan fingerprint density at radius 3 is 2.21 bits per heavy atom. The van der Waals surface area contributed by atoms with Crippen molar-refractivity contribution in [2.45, 2.75) is 6.42 Å². The van der Waals surface area contributed by atoms with Crippen LogP contribution >= 0.6 is 11.6 Å². The molecule has 1 saturated heterocycles. The molecule has 6 rings (SSSR count). The first-order chi connectivity index (χ1) is 11.5. The molecule has 0 radical (unpaired) electrons. The summed E-state index contributed by atoms with van der Waals surface area (Å²) < 4.78 is 0. The first kappa shape index (κ1) is 14.2. The molecule has 2 amide bonds. The molecule has 4 aliphatic carbocycles. The number of hydrogen-bond donors (Lipinski definition) is 0. The van der Waals surface area contributed by atoms with E-state index in [0.29, 0.717) is 11.8 Å². The summed E-state index contributed by atoms with van der Waals surface area (Å²) in [4.78, 5) is 37.5. The van der Waals surface area contributed by atoms with Crippen LogP contribution in [0.1, 0.15) is 6.42 Å². The van der Waals surface area contributed by atoms with Gasteiger partial charge in [-0.2, -0.15) is 0 Å². The topological polar surface area (TPSA) is 80.5 Å². The highest BCUT2D eigenvalue weighted by Crippen LogP contribution is 2.65. The molecule has 0 unspecified atom stereocenters. The van der Waals surface area contributed by atoms with E-state index in [0.717, 1.165) is 11.3 Å². The molecule has 0 N–H and O–H groups in total. The Hall–Kier alpha value is -2.21. The summed E-state index contributed by atoms with van der Waals surface area (Å²) in [5.74, 6) is 0.0391. The molecule has 5 aliphatic rings. The van der Waals surface area contributed by atoms with E-state index in [1.165, 1.54) is 18.2 Å². The summed E-state index contributed by atoms with van der Waals surface area (Å²) in [6.07, 6.45) is 5.26. The number of nitro benzene ring substituents is 1. The Kier molecular flexibility index (Phi) is 2.62. The summed E-state index contributed by atoms with van der Waals surface area (Å²) in [5, 5.41) is 11.2. The van der Waals surface area contributed by atoms with E-state index >= 15 is 0 Å². The second kappa shape index (κ2) is 4.45. The number of hydrogen-bond acceptors (Lipinski definition) is 4. The average Bonchev–Trinajstić information content (AvgIpc) is 3.33.